The third-order valence-electron chi connectivity index (χ3n) is 4.36. The van der Waals surface area contributed by atoms with E-state index in [9.17, 15) is 9.59 Å². The molecule has 130 valence electrons. The quantitative estimate of drug-likeness (QED) is 0.614. The predicted octanol–water partition coefficient (Wildman–Crippen LogP) is 2.75. The molecular weight excluding hydrogens is 328 g/mol. The third kappa shape index (κ3) is 3.48. The molecule has 0 aliphatic heterocycles. The lowest BCUT2D eigenvalue weighted by molar-refractivity contribution is -0.133. The van der Waals surface area contributed by atoms with E-state index in [2.05, 4.69) is 15.0 Å². The van der Waals surface area contributed by atoms with Crippen molar-refractivity contribution in [2.75, 3.05) is 5.75 Å². The number of thioether (sulfide) groups is 1. The SMILES string of the molecule is CCCn1c(SCC(=O)O)nc2nc(C3CCCCC3)[nH]c2c1=O. The third-order valence-corrected chi connectivity index (χ3v) is 5.32. The highest BCUT2D eigenvalue weighted by molar-refractivity contribution is 7.99. The molecule has 0 atom stereocenters. The zero-order chi connectivity index (χ0) is 17.1. The highest BCUT2D eigenvalue weighted by atomic mass is 32.2. The summed E-state index contributed by atoms with van der Waals surface area (Å²) in [5, 5.41) is 9.32. The summed E-state index contributed by atoms with van der Waals surface area (Å²) in [5.41, 5.74) is 0.675. The number of hydrogen-bond acceptors (Lipinski definition) is 5. The molecule has 1 aliphatic carbocycles. The average molecular weight is 350 g/mol. The molecule has 2 aromatic rings. The number of rotatable bonds is 6. The highest BCUT2D eigenvalue weighted by Gasteiger charge is 2.22. The van der Waals surface area contributed by atoms with Crippen molar-refractivity contribution in [2.24, 2.45) is 0 Å². The second kappa shape index (κ2) is 7.38. The van der Waals surface area contributed by atoms with Crippen LogP contribution in [0.2, 0.25) is 0 Å². The summed E-state index contributed by atoms with van der Waals surface area (Å²) in [6.45, 7) is 2.49. The van der Waals surface area contributed by atoms with Crippen molar-refractivity contribution in [1.29, 1.82) is 0 Å². The lowest BCUT2D eigenvalue weighted by atomic mass is 9.89. The second-order valence-corrected chi connectivity index (χ2v) is 7.13. The van der Waals surface area contributed by atoms with Crippen molar-refractivity contribution in [3.8, 4) is 0 Å². The van der Waals surface area contributed by atoms with Gasteiger partial charge in [0.15, 0.2) is 16.3 Å². The van der Waals surface area contributed by atoms with Crippen LogP contribution in [-0.4, -0.2) is 36.3 Å². The van der Waals surface area contributed by atoms with Crippen LogP contribution in [0.25, 0.3) is 11.2 Å². The van der Waals surface area contributed by atoms with Gasteiger partial charge in [-0.1, -0.05) is 37.9 Å². The maximum absolute atomic E-state index is 12.8. The molecule has 0 amide bonds. The predicted molar refractivity (Wildman–Crippen MR) is 92.6 cm³/mol. The molecule has 0 aromatic carbocycles. The number of hydrogen-bond donors (Lipinski definition) is 2. The van der Waals surface area contributed by atoms with E-state index < -0.39 is 5.97 Å². The zero-order valence-corrected chi connectivity index (χ0v) is 14.6. The first kappa shape index (κ1) is 17.0. The van der Waals surface area contributed by atoms with E-state index in [0.717, 1.165) is 36.8 Å². The van der Waals surface area contributed by atoms with Crippen molar-refractivity contribution in [3.05, 3.63) is 16.2 Å². The number of nitrogens with one attached hydrogen (secondary N) is 1. The Labute approximate surface area is 143 Å². The Hall–Kier alpha value is -1.83. The molecule has 1 saturated carbocycles. The first-order valence-electron chi connectivity index (χ1n) is 8.45. The Bertz CT molecular complexity index is 792. The number of imidazole rings is 1. The van der Waals surface area contributed by atoms with E-state index >= 15 is 0 Å². The Balaban J connectivity index is 2.02. The number of fused-ring (bicyclic) bond motifs is 1. The minimum atomic E-state index is -0.928. The minimum Gasteiger partial charge on any atom is -0.481 e. The molecule has 7 nitrogen and oxygen atoms in total. The molecule has 1 fully saturated rings. The van der Waals surface area contributed by atoms with Gasteiger partial charge in [-0.2, -0.15) is 0 Å². The topological polar surface area (TPSA) is 101 Å². The number of aromatic nitrogens is 4. The number of carbonyl (C=O) groups is 1. The van der Waals surface area contributed by atoms with E-state index in [1.165, 1.54) is 19.3 Å². The van der Waals surface area contributed by atoms with Crippen molar-refractivity contribution in [3.63, 3.8) is 0 Å². The average Bonchev–Trinajstić information content (AvgIpc) is 3.01. The van der Waals surface area contributed by atoms with Crippen LogP contribution >= 0.6 is 11.8 Å². The molecular formula is C16H22N4O3S. The normalized spacial score (nSPS) is 15.9. The summed E-state index contributed by atoms with van der Waals surface area (Å²) in [6, 6.07) is 0. The highest BCUT2D eigenvalue weighted by Crippen LogP contribution is 2.31. The smallest absolute Gasteiger partial charge is 0.313 e. The van der Waals surface area contributed by atoms with Crippen LogP contribution in [0.5, 0.6) is 0 Å². The maximum Gasteiger partial charge on any atom is 0.313 e. The number of aromatic amines is 1. The molecule has 0 spiro atoms. The van der Waals surface area contributed by atoms with Gasteiger partial charge in [0.1, 0.15) is 5.82 Å². The summed E-state index contributed by atoms with van der Waals surface area (Å²) in [7, 11) is 0. The fourth-order valence-electron chi connectivity index (χ4n) is 3.21. The lowest BCUT2D eigenvalue weighted by Gasteiger charge is -2.18. The lowest BCUT2D eigenvalue weighted by Crippen LogP contribution is -2.23. The van der Waals surface area contributed by atoms with Crippen LogP contribution < -0.4 is 5.56 Å². The van der Waals surface area contributed by atoms with Crippen LogP contribution in [-0.2, 0) is 11.3 Å². The Morgan fingerprint density at radius 1 is 1.33 bits per heavy atom. The first-order valence-corrected chi connectivity index (χ1v) is 9.43. The van der Waals surface area contributed by atoms with Gasteiger partial charge in [-0.25, -0.2) is 9.97 Å². The van der Waals surface area contributed by atoms with Gasteiger partial charge < -0.3 is 10.1 Å². The van der Waals surface area contributed by atoms with Crippen molar-refractivity contribution >= 4 is 28.9 Å². The summed E-state index contributed by atoms with van der Waals surface area (Å²) in [4.78, 5) is 35.8. The molecule has 2 heterocycles. The number of H-pyrrole nitrogens is 1. The van der Waals surface area contributed by atoms with E-state index in [0.29, 0.717) is 28.8 Å². The monoisotopic (exact) mass is 350 g/mol. The number of nitrogens with zero attached hydrogens (tertiary/aromatic N) is 3. The molecule has 1 aliphatic rings. The number of carboxylic acids is 1. The second-order valence-electron chi connectivity index (χ2n) is 6.19. The maximum atomic E-state index is 12.8. The van der Waals surface area contributed by atoms with Gasteiger partial charge in [-0.15, -0.1) is 0 Å². The summed E-state index contributed by atoms with van der Waals surface area (Å²) in [6.07, 6.45) is 6.59. The fourth-order valence-corrected chi connectivity index (χ4v) is 3.94. The van der Waals surface area contributed by atoms with Crippen molar-refractivity contribution in [2.45, 2.75) is 63.1 Å². The van der Waals surface area contributed by atoms with E-state index in [1.807, 2.05) is 6.92 Å². The summed E-state index contributed by atoms with van der Waals surface area (Å²) in [5.74, 6) is 0.156. The van der Waals surface area contributed by atoms with Gasteiger partial charge in [0.25, 0.3) is 5.56 Å². The molecule has 0 saturated heterocycles. The molecule has 0 radical (unpaired) electrons. The molecule has 3 rings (SSSR count). The van der Waals surface area contributed by atoms with Crippen LogP contribution in [0.3, 0.4) is 0 Å². The molecule has 24 heavy (non-hydrogen) atoms. The summed E-state index contributed by atoms with van der Waals surface area (Å²) >= 11 is 1.07. The van der Waals surface area contributed by atoms with Gasteiger partial charge >= 0.3 is 5.97 Å². The number of carboxylic acid groups (broad SMARTS) is 1. The van der Waals surface area contributed by atoms with Crippen molar-refractivity contribution < 1.29 is 9.90 Å². The van der Waals surface area contributed by atoms with Gasteiger partial charge in [0.05, 0.1) is 5.75 Å². The minimum absolute atomic E-state index is 0.123. The van der Waals surface area contributed by atoms with Crippen molar-refractivity contribution in [1.82, 2.24) is 19.5 Å². The van der Waals surface area contributed by atoms with Crippen LogP contribution in [0, 0.1) is 0 Å². The van der Waals surface area contributed by atoms with Gasteiger partial charge in [0.2, 0.25) is 0 Å². The van der Waals surface area contributed by atoms with Crippen LogP contribution in [0.1, 0.15) is 57.2 Å². The number of aliphatic carboxylic acids is 1. The van der Waals surface area contributed by atoms with E-state index in [1.54, 1.807) is 4.57 Å². The van der Waals surface area contributed by atoms with E-state index in [-0.39, 0.29) is 11.3 Å². The Morgan fingerprint density at radius 2 is 2.08 bits per heavy atom. The standard InChI is InChI=1S/C16H22N4O3S/c1-2-8-20-15(23)12-14(19-16(20)24-9-11(21)22)18-13(17-12)10-6-4-3-5-7-10/h10H,2-9H2,1H3,(H,17,18)(H,21,22). The van der Waals surface area contributed by atoms with E-state index in [4.69, 9.17) is 5.11 Å². The van der Waals surface area contributed by atoms with Gasteiger partial charge in [-0.05, 0) is 19.3 Å². The molecule has 0 bridgehead atoms. The fraction of sp³-hybridized carbons (Fsp3) is 0.625. The molecule has 0 unspecified atom stereocenters. The zero-order valence-electron chi connectivity index (χ0n) is 13.7. The molecule has 2 aromatic heterocycles. The van der Waals surface area contributed by atoms with Gasteiger partial charge in [0, 0.05) is 12.5 Å². The first-order chi connectivity index (χ1) is 11.6. The van der Waals surface area contributed by atoms with Crippen LogP contribution in [0.15, 0.2) is 9.95 Å². The summed E-state index contributed by atoms with van der Waals surface area (Å²) < 4.78 is 1.55. The Morgan fingerprint density at radius 3 is 2.75 bits per heavy atom. The Kier molecular flexibility index (Phi) is 5.23. The van der Waals surface area contributed by atoms with Crippen LogP contribution in [0.4, 0.5) is 0 Å². The molecule has 2 N–H and O–H groups in total. The molecule has 8 heteroatoms. The van der Waals surface area contributed by atoms with Gasteiger partial charge in [-0.3, -0.25) is 14.2 Å². The largest absolute Gasteiger partial charge is 0.481 e.